The van der Waals surface area contributed by atoms with Gasteiger partial charge in [-0.1, -0.05) is 18.2 Å². The fourth-order valence-corrected chi connectivity index (χ4v) is 5.01. The average molecular weight is 423 g/mol. The molecule has 2 saturated heterocycles. The Bertz CT molecular complexity index is 807. The molecule has 3 rings (SSSR count). The number of nitrogens with one attached hydrogen (secondary N) is 2. The van der Waals surface area contributed by atoms with Gasteiger partial charge in [0.25, 0.3) is 0 Å². The molecule has 2 fully saturated rings. The largest absolute Gasteiger partial charge is 0.353 e. The second-order valence-corrected chi connectivity index (χ2v) is 9.92. The molecule has 0 saturated carbocycles. The first-order valence-corrected chi connectivity index (χ1v) is 11.9. The summed E-state index contributed by atoms with van der Waals surface area (Å²) in [4.78, 5) is 26.9. The Kier molecular flexibility index (Phi) is 7.13. The van der Waals surface area contributed by atoms with Crippen molar-refractivity contribution in [1.29, 1.82) is 0 Å². The van der Waals surface area contributed by atoms with E-state index in [1.165, 1.54) is 4.31 Å². The third-order valence-electron chi connectivity index (χ3n) is 5.66. The number of carbonyl (C=O) groups is 2. The Balaban J connectivity index is 1.48. The van der Waals surface area contributed by atoms with Crippen molar-refractivity contribution in [1.82, 2.24) is 14.5 Å². The maximum absolute atomic E-state index is 12.7. The van der Waals surface area contributed by atoms with Gasteiger partial charge >= 0.3 is 6.03 Å². The van der Waals surface area contributed by atoms with Crippen LogP contribution in [0.2, 0.25) is 0 Å². The first kappa shape index (κ1) is 21.6. The van der Waals surface area contributed by atoms with Crippen LogP contribution in [0.25, 0.3) is 0 Å². The van der Waals surface area contributed by atoms with Crippen LogP contribution in [0.15, 0.2) is 30.3 Å². The predicted molar refractivity (Wildman–Crippen MR) is 112 cm³/mol. The van der Waals surface area contributed by atoms with Gasteiger partial charge in [0, 0.05) is 37.9 Å². The van der Waals surface area contributed by atoms with Crippen LogP contribution in [0, 0.1) is 5.92 Å². The molecule has 2 N–H and O–H groups in total. The van der Waals surface area contributed by atoms with Gasteiger partial charge < -0.3 is 15.5 Å². The molecule has 2 aliphatic rings. The molecule has 160 valence electrons. The van der Waals surface area contributed by atoms with Crippen LogP contribution in [-0.2, 0) is 14.8 Å². The summed E-state index contributed by atoms with van der Waals surface area (Å²) in [6, 6.07) is 9.07. The minimum Gasteiger partial charge on any atom is -0.353 e. The topological polar surface area (TPSA) is 98.8 Å². The summed E-state index contributed by atoms with van der Waals surface area (Å²) in [5.74, 6) is -0.172. The zero-order valence-electron chi connectivity index (χ0n) is 16.8. The lowest BCUT2D eigenvalue weighted by molar-refractivity contribution is -0.127. The number of benzene rings is 1. The highest BCUT2D eigenvalue weighted by Gasteiger charge is 2.32. The molecule has 0 unspecified atom stereocenters. The van der Waals surface area contributed by atoms with Crippen molar-refractivity contribution in [2.45, 2.75) is 38.6 Å². The van der Waals surface area contributed by atoms with E-state index in [0.29, 0.717) is 39.0 Å². The monoisotopic (exact) mass is 422 g/mol. The lowest BCUT2D eigenvalue weighted by atomic mass is 9.96. The lowest BCUT2D eigenvalue weighted by Gasteiger charge is -2.35. The predicted octanol–water partition coefficient (Wildman–Crippen LogP) is 1.86. The van der Waals surface area contributed by atoms with Gasteiger partial charge in [-0.3, -0.25) is 4.79 Å². The second kappa shape index (κ2) is 9.58. The second-order valence-electron chi connectivity index (χ2n) is 7.66. The number of hydrogen-bond acceptors (Lipinski definition) is 4. The summed E-state index contributed by atoms with van der Waals surface area (Å²) in [6.45, 7) is 3.56. The average Bonchev–Trinajstić information content (AvgIpc) is 2.75. The van der Waals surface area contributed by atoms with E-state index in [1.807, 2.05) is 30.3 Å². The maximum atomic E-state index is 12.7. The molecule has 9 heteroatoms. The van der Waals surface area contributed by atoms with Crippen molar-refractivity contribution in [3.63, 3.8) is 0 Å². The molecule has 3 amide bonds. The van der Waals surface area contributed by atoms with Gasteiger partial charge in [-0.15, -0.1) is 0 Å². The molecule has 1 aromatic rings. The van der Waals surface area contributed by atoms with Crippen molar-refractivity contribution < 1.29 is 18.0 Å². The minimum absolute atomic E-state index is 0.0145. The van der Waals surface area contributed by atoms with Gasteiger partial charge in [-0.25, -0.2) is 17.5 Å². The number of urea groups is 1. The van der Waals surface area contributed by atoms with E-state index in [-0.39, 0.29) is 29.7 Å². The summed E-state index contributed by atoms with van der Waals surface area (Å²) >= 11 is 0. The zero-order chi connectivity index (χ0) is 20.9. The Morgan fingerprint density at radius 3 is 2.41 bits per heavy atom. The number of sulfonamides is 1. The van der Waals surface area contributed by atoms with Crippen molar-refractivity contribution in [3.05, 3.63) is 30.3 Å². The quantitative estimate of drug-likeness (QED) is 0.757. The third-order valence-corrected chi connectivity index (χ3v) is 7.54. The fraction of sp³-hybridized carbons (Fsp3) is 0.600. The molecule has 0 radical (unpaired) electrons. The van der Waals surface area contributed by atoms with Crippen molar-refractivity contribution in [3.8, 4) is 0 Å². The first-order valence-electron chi connectivity index (χ1n) is 10.3. The molecule has 0 spiro atoms. The fourth-order valence-electron chi connectivity index (χ4n) is 3.88. The van der Waals surface area contributed by atoms with Crippen LogP contribution in [0.3, 0.4) is 0 Å². The van der Waals surface area contributed by atoms with E-state index in [4.69, 9.17) is 0 Å². The van der Waals surface area contributed by atoms with E-state index in [0.717, 1.165) is 18.5 Å². The van der Waals surface area contributed by atoms with Crippen LogP contribution < -0.4 is 10.6 Å². The highest BCUT2D eigenvalue weighted by atomic mass is 32.2. The van der Waals surface area contributed by atoms with Crippen molar-refractivity contribution in [2.75, 3.05) is 37.2 Å². The first-order chi connectivity index (χ1) is 13.9. The number of para-hydroxylation sites is 1. The van der Waals surface area contributed by atoms with E-state index in [2.05, 4.69) is 10.6 Å². The van der Waals surface area contributed by atoms with Gasteiger partial charge in [-0.05, 0) is 44.7 Å². The molecule has 0 aliphatic carbocycles. The molecule has 0 bridgehead atoms. The number of likely N-dealkylation sites (tertiary alicyclic amines) is 1. The van der Waals surface area contributed by atoms with Crippen LogP contribution in [0.4, 0.5) is 10.5 Å². The van der Waals surface area contributed by atoms with Gasteiger partial charge in [-0.2, -0.15) is 0 Å². The Morgan fingerprint density at radius 1 is 1.07 bits per heavy atom. The van der Waals surface area contributed by atoms with Gasteiger partial charge in [0.15, 0.2) is 0 Å². The van der Waals surface area contributed by atoms with Gasteiger partial charge in [0.1, 0.15) is 0 Å². The molecular weight excluding hydrogens is 392 g/mol. The summed E-state index contributed by atoms with van der Waals surface area (Å²) < 4.78 is 25.4. The van der Waals surface area contributed by atoms with Crippen LogP contribution in [0.5, 0.6) is 0 Å². The van der Waals surface area contributed by atoms with E-state index in [9.17, 15) is 18.0 Å². The normalized spacial score (nSPS) is 21.6. The van der Waals surface area contributed by atoms with Crippen LogP contribution in [-0.4, -0.2) is 67.5 Å². The summed E-state index contributed by atoms with van der Waals surface area (Å²) in [7, 11) is -3.17. The van der Waals surface area contributed by atoms with Crippen LogP contribution in [0.1, 0.15) is 32.6 Å². The highest BCUT2D eigenvalue weighted by molar-refractivity contribution is 7.89. The number of anilines is 1. The molecular formula is C20H30N4O4S. The van der Waals surface area contributed by atoms with E-state index < -0.39 is 10.0 Å². The smallest absolute Gasteiger partial charge is 0.321 e. The molecule has 8 nitrogen and oxygen atoms in total. The maximum Gasteiger partial charge on any atom is 0.321 e. The minimum atomic E-state index is -3.17. The van der Waals surface area contributed by atoms with Gasteiger partial charge in [0.05, 0.1) is 11.7 Å². The standard InChI is InChI=1S/C20H30N4O4S/c1-2-29(27,28)24-13-10-18(11-14-24)21-19(25)16-7-6-12-23(15-16)20(26)22-17-8-4-3-5-9-17/h3-5,8-9,16,18H,2,6-7,10-15H2,1H3,(H,21,25)(H,22,26)/t16-/m0/s1. The number of nitrogens with zero attached hydrogens (tertiary/aromatic N) is 2. The number of rotatable bonds is 5. The van der Waals surface area contributed by atoms with E-state index >= 15 is 0 Å². The molecule has 2 heterocycles. The number of carbonyl (C=O) groups excluding carboxylic acids is 2. The Labute approximate surface area is 172 Å². The number of hydrogen-bond donors (Lipinski definition) is 2. The molecule has 0 aromatic heterocycles. The van der Waals surface area contributed by atoms with Crippen molar-refractivity contribution >= 4 is 27.6 Å². The Hall–Kier alpha value is -2.13. The third kappa shape index (κ3) is 5.70. The van der Waals surface area contributed by atoms with E-state index in [1.54, 1.807) is 11.8 Å². The molecule has 29 heavy (non-hydrogen) atoms. The summed E-state index contributed by atoms with van der Waals surface area (Å²) in [5, 5.41) is 5.94. The molecule has 1 aromatic carbocycles. The molecule has 2 aliphatic heterocycles. The van der Waals surface area contributed by atoms with Gasteiger partial charge in [0.2, 0.25) is 15.9 Å². The van der Waals surface area contributed by atoms with Crippen LogP contribution >= 0.6 is 0 Å². The lowest BCUT2D eigenvalue weighted by Crippen LogP contribution is -2.51. The highest BCUT2D eigenvalue weighted by Crippen LogP contribution is 2.20. The number of amides is 3. The SMILES string of the molecule is CCS(=O)(=O)N1CCC(NC(=O)[C@H]2CCCN(C(=O)Nc3ccccc3)C2)CC1. The summed E-state index contributed by atoms with van der Waals surface area (Å²) in [6.07, 6.45) is 2.78. The zero-order valence-corrected chi connectivity index (χ0v) is 17.7. The number of piperidine rings is 2. The molecule has 1 atom stereocenters. The Morgan fingerprint density at radius 2 is 1.76 bits per heavy atom. The summed E-state index contributed by atoms with van der Waals surface area (Å²) in [5.41, 5.74) is 0.734. The van der Waals surface area contributed by atoms with Crippen molar-refractivity contribution in [2.24, 2.45) is 5.92 Å².